The largest absolute Gasteiger partial charge is 0.480 e. The Morgan fingerprint density at radius 3 is 2.74 bits per heavy atom. The van der Waals surface area contributed by atoms with Crippen LogP contribution in [0.3, 0.4) is 0 Å². The Morgan fingerprint density at radius 1 is 1.47 bits per heavy atom. The highest BCUT2D eigenvalue weighted by molar-refractivity contribution is 5.79. The molecule has 1 N–H and O–H groups in total. The molecule has 1 fully saturated rings. The molecule has 19 heavy (non-hydrogen) atoms. The van der Waals surface area contributed by atoms with E-state index in [-0.39, 0.29) is 11.7 Å². The number of carboxylic acid groups (broad SMARTS) is 1. The monoisotopic (exact) mass is 274 g/mol. The van der Waals surface area contributed by atoms with Gasteiger partial charge in [-0.05, 0) is 24.5 Å². The van der Waals surface area contributed by atoms with E-state index in [4.69, 9.17) is 5.11 Å². The normalized spacial score (nSPS) is 23.7. The molecule has 0 radical (unpaired) electrons. The fourth-order valence-electron chi connectivity index (χ4n) is 2.32. The van der Waals surface area contributed by atoms with Gasteiger partial charge in [0.1, 0.15) is 17.6 Å². The number of anilines is 1. The summed E-state index contributed by atoms with van der Waals surface area (Å²) in [5.74, 6) is -1.09. The zero-order valence-corrected chi connectivity index (χ0v) is 10.2. The minimum atomic E-state index is -4.53. The van der Waals surface area contributed by atoms with E-state index in [0.29, 0.717) is 13.0 Å². The molecule has 7 heteroatoms. The Bertz CT molecular complexity index is 490. The SMILES string of the molecule is CC1CCN(c2cccc(C(F)(F)F)n2)C1C(=O)O. The van der Waals surface area contributed by atoms with E-state index in [1.54, 1.807) is 6.92 Å². The first kappa shape index (κ1) is 13.6. The molecular formula is C12H13F3N2O2. The summed E-state index contributed by atoms with van der Waals surface area (Å²) in [4.78, 5) is 16.1. The van der Waals surface area contributed by atoms with Crippen molar-refractivity contribution >= 4 is 11.8 Å². The Hall–Kier alpha value is -1.79. The summed E-state index contributed by atoms with van der Waals surface area (Å²) in [5, 5.41) is 9.15. The third-order valence-corrected chi connectivity index (χ3v) is 3.27. The molecule has 2 unspecified atom stereocenters. The molecule has 1 aliphatic heterocycles. The number of rotatable bonds is 2. The van der Waals surface area contributed by atoms with Crippen LogP contribution >= 0.6 is 0 Å². The number of carbonyl (C=O) groups is 1. The van der Waals surface area contributed by atoms with Gasteiger partial charge in [-0.25, -0.2) is 9.78 Å². The number of hydrogen-bond donors (Lipinski definition) is 1. The fourth-order valence-corrected chi connectivity index (χ4v) is 2.32. The van der Waals surface area contributed by atoms with E-state index in [0.717, 1.165) is 6.07 Å². The van der Waals surface area contributed by atoms with Gasteiger partial charge in [-0.1, -0.05) is 13.0 Å². The maximum atomic E-state index is 12.6. The predicted molar refractivity (Wildman–Crippen MR) is 61.8 cm³/mol. The van der Waals surface area contributed by atoms with Crippen LogP contribution in [-0.4, -0.2) is 28.6 Å². The van der Waals surface area contributed by atoms with E-state index in [1.165, 1.54) is 17.0 Å². The molecule has 0 aliphatic carbocycles. The first-order chi connectivity index (χ1) is 8.80. The first-order valence-corrected chi connectivity index (χ1v) is 5.84. The van der Waals surface area contributed by atoms with Crippen LogP contribution in [0.25, 0.3) is 0 Å². The lowest BCUT2D eigenvalue weighted by molar-refractivity contribution is -0.141. The topological polar surface area (TPSA) is 53.4 Å². The summed E-state index contributed by atoms with van der Waals surface area (Å²) >= 11 is 0. The second-order valence-electron chi connectivity index (χ2n) is 4.62. The van der Waals surface area contributed by atoms with Crippen molar-refractivity contribution in [1.82, 2.24) is 4.98 Å². The minimum absolute atomic E-state index is 0.0616. The summed E-state index contributed by atoms with van der Waals surface area (Å²) in [6.45, 7) is 2.17. The molecule has 104 valence electrons. The first-order valence-electron chi connectivity index (χ1n) is 5.84. The van der Waals surface area contributed by atoms with Crippen LogP contribution in [0.4, 0.5) is 19.0 Å². The molecular weight excluding hydrogens is 261 g/mol. The van der Waals surface area contributed by atoms with Crippen molar-refractivity contribution < 1.29 is 23.1 Å². The van der Waals surface area contributed by atoms with Crippen molar-refractivity contribution in [1.29, 1.82) is 0 Å². The van der Waals surface area contributed by atoms with Gasteiger partial charge in [0.05, 0.1) is 0 Å². The van der Waals surface area contributed by atoms with E-state index in [2.05, 4.69) is 4.98 Å². The van der Waals surface area contributed by atoms with Gasteiger partial charge >= 0.3 is 12.1 Å². The summed E-state index contributed by atoms with van der Waals surface area (Å²) in [6.07, 6.45) is -3.91. The number of alkyl halides is 3. The summed E-state index contributed by atoms with van der Waals surface area (Å²) < 4.78 is 37.8. The molecule has 2 rings (SSSR count). The van der Waals surface area contributed by atoms with E-state index in [1.807, 2.05) is 0 Å². The zero-order valence-electron chi connectivity index (χ0n) is 10.2. The van der Waals surface area contributed by atoms with Crippen molar-refractivity contribution in [2.75, 3.05) is 11.4 Å². The van der Waals surface area contributed by atoms with Crippen molar-refractivity contribution in [2.45, 2.75) is 25.6 Å². The second kappa shape index (κ2) is 4.71. The van der Waals surface area contributed by atoms with Gasteiger partial charge in [-0.3, -0.25) is 0 Å². The quantitative estimate of drug-likeness (QED) is 0.899. The molecule has 0 spiro atoms. The Labute approximate surface area is 107 Å². The highest BCUT2D eigenvalue weighted by atomic mass is 19.4. The number of nitrogens with zero attached hydrogens (tertiary/aromatic N) is 2. The van der Waals surface area contributed by atoms with Crippen molar-refractivity contribution in [3.8, 4) is 0 Å². The highest BCUT2D eigenvalue weighted by Gasteiger charge is 2.39. The van der Waals surface area contributed by atoms with Crippen molar-refractivity contribution in [3.05, 3.63) is 23.9 Å². The average Bonchev–Trinajstić information content (AvgIpc) is 2.70. The van der Waals surface area contributed by atoms with Crippen LogP contribution in [0.1, 0.15) is 19.0 Å². The third-order valence-electron chi connectivity index (χ3n) is 3.27. The Morgan fingerprint density at radius 2 is 2.16 bits per heavy atom. The number of pyridine rings is 1. The maximum absolute atomic E-state index is 12.6. The van der Waals surface area contributed by atoms with Crippen LogP contribution < -0.4 is 4.90 Å². The molecule has 0 bridgehead atoms. The molecule has 0 saturated carbocycles. The molecule has 0 aromatic carbocycles. The van der Waals surface area contributed by atoms with Gasteiger partial charge in [0.2, 0.25) is 0 Å². The lowest BCUT2D eigenvalue weighted by atomic mass is 10.0. The van der Waals surface area contributed by atoms with Crippen LogP contribution in [-0.2, 0) is 11.0 Å². The van der Waals surface area contributed by atoms with E-state index < -0.39 is 23.9 Å². The Kier molecular flexibility index (Phi) is 3.38. The number of aromatic nitrogens is 1. The van der Waals surface area contributed by atoms with E-state index >= 15 is 0 Å². The lowest BCUT2D eigenvalue weighted by Crippen LogP contribution is -2.39. The van der Waals surface area contributed by atoms with E-state index in [9.17, 15) is 18.0 Å². The Balaban J connectivity index is 2.34. The molecule has 1 aliphatic rings. The minimum Gasteiger partial charge on any atom is -0.480 e. The van der Waals surface area contributed by atoms with Crippen LogP contribution in [0.5, 0.6) is 0 Å². The maximum Gasteiger partial charge on any atom is 0.433 e. The van der Waals surface area contributed by atoms with Gasteiger partial charge in [0.15, 0.2) is 0 Å². The lowest BCUT2D eigenvalue weighted by Gasteiger charge is -2.24. The third kappa shape index (κ3) is 2.64. The molecule has 1 aromatic rings. The highest BCUT2D eigenvalue weighted by Crippen LogP contribution is 2.32. The fraction of sp³-hybridized carbons (Fsp3) is 0.500. The molecule has 4 nitrogen and oxygen atoms in total. The summed E-state index contributed by atoms with van der Waals surface area (Å²) in [6, 6.07) is 2.70. The number of aliphatic carboxylic acids is 1. The molecule has 0 amide bonds. The summed E-state index contributed by atoms with van der Waals surface area (Å²) in [7, 11) is 0. The number of carboxylic acids is 1. The standard InChI is InChI=1S/C12H13F3N2O2/c1-7-5-6-17(10(7)11(18)19)9-4-2-3-8(16-9)12(13,14)15/h2-4,7,10H,5-6H2,1H3,(H,18,19). The smallest absolute Gasteiger partial charge is 0.433 e. The summed E-state index contributed by atoms with van der Waals surface area (Å²) in [5.41, 5.74) is -1.01. The second-order valence-corrected chi connectivity index (χ2v) is 4.62. The van der Waals surface area contributed by atoms with Crippen molar-refractivity contribution in [3.63, 3.8) is 0 Å². The molecule has 1 saturated heterocycles. The molecule has 1 aromatic heterocycles. The van der Waals surface area contributed by atoms with Crippen molar-refractivity contribution in [2.24, 2.45) is 5.92 Å². The predicted octanol–water partition coefficient (Wildman–Crippen LogP) is 2.40. The van der Waals surface area contributed by atoms with Gasteiger partial charge in [0, 0.05) is 6.54 Å². The molecule has 2 heterocycles. The zero-order chi connectivity index (χ0) is 14.2. The van der Waals surface area contributed by atoms with Crippen LogP contribution in [0.2, 0.25) is 0 Å². The van der Waals surface area contributed by atoms with Gasteiger partial charge in [-0.15, -0.1) is 0 Å². The van der Waals surface area contributed by atoms with Crippen LogP contribution in [0, 0.1) is 5.92 Å². The average molecular weight is 274 g/mol. The molecule has 2 atom stereocenters. The van der Waals surface area contributed by atoms with Gasteiger partial charge < -0.3 is 10.0 Å². The number of halogens is 3. The number of hydrogen-bond acceptors (Lipinski definition) is 3. The van der Waals surface area contributed by atoms with Crippen LogP contribution in [0.15, 0.2) is 18.2 Å². The van der Waals surface area contributed by atoms with Gasteiger partial charge in [-0.2, -0.15) is 13.2 Å². The van der Waals surface area contributed by atoms with Gasteiger partial charge in [0.25, 0.3) is 0 Å².